The fourth-order valence-corrected chi connectivity index (χ4v) is 3.05. The number of rotatable bonds is 7. The number of nitrogens with zero attached hydrogens (tertiary/aromatic N) is 3. The minimum atomic E-state index is -0.137. The molecule has 1 saturated heterocycles. The molecule has 0 bridgehead atoms. The summed E-state index contributed by atoms with van der Waals surface area (Å²) in [6.45, 7) is 11.4. The van der Waals surface area contributed by atoms with Gasteiger partial charge in [-0.2, -0.15) is 0 Å². The average Bonchev–Trinajstić information content (AvgIpc) is 2.62. The van der Waals surface area contributed by atoms with Gasteiger partial charge in [-0.25, -0.2) is 4.79 Å². The Kier molecular flexibility index (Phi) is 7.52. The van der Waals surface area contributed by atoms with Crippen LogP contribution in [0.3, 0.4) is 0 Å². The fourth-order valence-electron chi connectivity index (χ4n) is 3.05. The molecule has 1 aromatic rings. The van der Waals surface area contributed by atoms with Crippen LogP contribution in [0.25, 0.3) is 0 Å². The number of piperazine rings is 1. The first-order valence-electron chi connectivity index (χ1n) is 9.25. The van der Waals surface area contributed by atoms with E-state index in [1.807, 2.05) is 31.3 Å². The van der Waals surface area contributed by atoms with E-state index in [9.17, 15) is 4.79 Å². The van der Waals surface area contributed by atoms with Crippen molar-refractivity contribution in [1.82, 2.24) is 15.1 Å². The van der Waals surface area contributed by atoms with E-state index in [1.165, 1.54) is 0 Å². The molecule has 0 unspecified atom stereocenters. The summed E-state index contributed by atoms with van der Waals surface area (Å²) in [5.41, 5.74) is 1.88. The van der Waals surface area contributed by atoms with Crippen molar-refractivity contribution < 1.29 is 4.79 Å². The zero-order valence-corrected chi connectivity index (χ0v) is 16.1. The Morgan fingerprint density at radius 2 is 1.92 bits per heavy atom. The second kappa shape index (κ2) is 9.63. The first-order chi connectivity index (χ1) is 12.0. The molecule has 25 heavy (non-hydrogen) atoms. The Hall–Kier alpha value is -1.79. The van der Waals surface area contributed by atoms with E-state index in [0.717, 1.165) is 50.6 Å². The van der Waals surface area contributed by atoms with Gasteiger partial charge < -0.3 is 25.3 Å². The molecule has 1 atom stereocenters. The molecule has 1 aliphatic rings. The highest BCUT2D eigenvalue weighted by molar-refractivity contribution is 5.93. The van der Waals surface area contributed by atoms with Crippen molar-refractivity contribution in [3.8, 4) is 0 Å². The zero-order chi connectivity index (χ0) is 18.2. The van der Waals surface area contributed by atoms with E-state index in [1.54, 1.807) is 0 Å². The number of carbonyl (C=O) groups is 1. The van der Waals surface area contributed by atoms with Gasteiger partial charge in [-0.15, -0.1) is 0 Å². The van der Waals surface area contributed by atoms with Gasteiger partial charge in [0.1, 0.15) is 0 Å². The van der Waals surface area contributed by atoms with Crippen LogP contribution in [0, 0.1) is 5.92 Å². The SMILES string of the molecule is CCN(C)c1ccccc1NC(=O)NC[C@H](C)CN1CCN(C)CC1. The molecule has 1 fully saturated rings. The molecule has 140 valence electrons. The van der Waals surface area contributed by atoms with Crippen molar-refractivity contribution in [2.75, 3.05) is 70.1 Å². The second-order valence-corrected chi connectivity index (χ2v) is 7.08. The number of hydrogen-bond acceptors (Lipinski definition) is 4. The maximum Gasteiger partial charge on any atom is 0.319 e. The maximum atomic E-state index is 12.3. The summed E-state index contributed by atoms with van der Waals surface area (Å²) in [6.07, 6.45) is 0. The minimum absolute atomic E-state index is 0.137. The van der Waals surface area contributed by atoms with Crippen LogP contribution in [0.4, 0.5) is 16.2 Å². The Morgan fingerprint density at radius 3 is 2.60 bits per heavy atom. The molecule has 6 nitrogen and oxygen atoms in total. The van der Waals surface area contributed by atoms with Gasteiger partial charge in [0.2, 0.25) is 0 Å². The van der Waals surface area contributed by atoms with Crippen molar-refractivity contribution >= 4 is 17.4 Å². The number of likely N-dealkylation sites (N-methyl/N-ethyl adjacent to an activating group) is 1. The third kappa shape index (κ3) is 6.21. The van der Waals surface area contributed by atoms with Gasteiger partial charge >= 0.3 is 6.03 Å². The van der Waals surface area contributed by atoms with Gasteiger partial charge in [0.05, 0.1) is 11.4 Å². The van der Waals surface area contributed by atoms with Crippen molar-refractivity contribution in [3.63, 3.8) is 0 Å². The normalized spacial score (nSPS) is 17.1. The van der Waals surface area contributed by atoms with Gasteiger partial charge in [-0.05, 0) is 32.0 Å². The average molecular weight is 348 g/mol. The molecule has 2 amide bonds. The van der Waals surface area contributed by atoms with Crippen LogP contribution in [-0.2, 0) is 0 Å². The number of urea groups is 1. The topological polar surface area (TPSA) is 50.9 Å². The number of para-hydroxylation sites is 2. The molecule has 0 aliphatic carbocycles. The Labute approximate surface area is 152 Å². The smallest absolute Gasteiger partial charge is 0.319 e. The zero-order valence-electron chi connectivity index (χ0n) is 16.1. The third-order valence-electron chi connectivity index (χ3n) is 4.81. The van der Waals surface area contributed by atoms with E-state index in [-0.39, 0.29) is 6.03 Å². The van der Waals surface area contributed by atoms with Crippen LogP contribution >= 0.6 is 0 Å². The number of anilines is 2. The third-order valence-corrected chi connectivity index (χ3v) is 4.81. The lowest BCUT2D eigenvalue weighted by Gasteiger charge is -2.33. The van der Waals surface area contributed by atoms with Crippen molar-refractivity contribution in [2.24, 2.45) is 5.92 Å². The molecule has 6 heteroatoms. The highest BCUT2D eigenvalue weighted by atomic mass is 16.2. The first kappa shape index (κ1) is 19.5. The summed E-state index contributed by atoms with van der Waals surface area (Å²) < 4.78 is 0. The quantitative estimate of drug-likeness (QED) is 0.794. The lowest BCUT2D eigenvalue weighted by atomic mass is 10.1. The standard InChI is InChI=1S/C19H33N5O/c1-5-23(4)18-9-7-6-8-17(18)21-19(25)20-14-16(2)15-24-12-10-22(3)11-13-24/h6-9,16H,5,10-15H2,1-4H3,(H2,20,21,25)/t16-/m0/s1. The van der Waals surface area contributed by atoms with E-state index in [2.05, 4.69) is 46.2 Å². The molecule has 0 radical (unpaired) electrons. The summed E-state index contributed by atoms with van der Waals surface area (Å²) in [4.78, 5) is 19.2. The number of hydrogen-bond donors (Lipinski definition) is 2. The Morgan fingerprint density at radius 1 is 1.24 bits per heavy atom. The number of nitrogens with one attached hydrogen (secondary N) is 2. The summed E-state index contributed by atoms with van der Waals surface area (Å²) in [6, 6.07) is 7.76. The van der Waals surface area contributed by atoms with Gasteiger partial charge in [-0.3, -0.25) is 0 Å². The number of carbonyl (C=O) groups excluding carboxylic acids is 1. The molecule has 1 aromatic carbocycles. The van der Waals surface area contributed by atoms with Gasteiger partial charge in [-0.1, -0.05) is 19.1 Å². The summed E-state index contributed by atoms with van der Waals surface area (Å²) in [5, 5.41) is 5.99. The molecule has 0 spiro atoms. The summed E-state index contributed by atoms with van der Waals surface area (Å²) in [5.74, 6) is 0.433. The van der Waals surface area contributed by atoms with Crippen LogP contribution in [0.5, 0.6) is 0 Å². The second-order valence-electron chi connectivity index (χ2n) is 7.08. The lowest BCUT2D eigenvalue weighted by Crippen LogP contribution is -2.47. The van der Waals surface area contributed by atoms with E-state index in [4.69, 9.17) is 0 Å². The number of benzene rings is 1. The van der Waals surface area contributed by atoms with Crippen molar-refractivity contribution in [3.05, 3.63) is 24.3 Å². The Balaban J connectivity index is 1.77. The summed E-state index contributed by atoms with van der Waals surface area (Å²) in [7, 11) is 4.19. The summed E-state index contributed by atoms with van der Waals surface area (Å²) >= 11 is 0. The largest absolute Gasteiger partial charge is 0.373 e. The molecular weight excluding hydrogens is 314 g/mol. The van der Waals surface area contributed by atoms with E-state index >= 15 is 0 Å². The molecule has 1 aliphatic heterocycles. The molecule has 1 heterocycles. The van der Waals surface area contributed by atoms with E-state index < -0.39 is 0 Å². The van der Waals surface area contributed by atoms with Crippen LogP contribution in [0.2, 0.25) is 0 Å². The Bertz CT molecular complexity index is 542. The highest BCUT2D eigenvalue weighted by Gasteiger charge is 2.16. The van der Waals surface area contributed by atoms with Crippen molar-refractivity contribution in [1.29, 1.82) is 0 Å². The lowest BCUT2D eigenvalue weighted by molar-refractivity contribution is 0.138. The molecule has 2 N–H and O–H groups in total. The van der Waals surface area contributed by atoms with Gasteiger partial charge in [0, 0.05) is 52.9 Å². The molecule has 0 saturated carbocycles. The highest BCUT2D eigenvalue weighted by Crippen LogP contribution is 2.24. The fraction of sp³-hybridized carbons (Fsp3) is 0.632. The predicted molar refractivity (Wildman–Crippen MR) is 106 cm³/mol. The van der Waals surface area contributed by atoms with Crippen LogP contribution in [-0.4, -0.2) is 75.7 Å². The van der Waals surface area contributed by atoms with Crippen molar-refractivity contribution in [2.45, 2.75) is 13.8 Å². The minimum Gasteiger partial charge on any atom is -0.373 e. The maximum absolute atomic E-state index is 12.3. The first-order valence-corrected chi connectivity index (χ1v) is 9.25. The number of amides is 2. The predicted octanol–water partition coefficient (Wildman–Crippen LogP) is 2.15. The van der Waals surface area contributed by atoms with Gasteiger partial charge in [0.15, 0.2) is 0 Å². The molecule has 2 rings (SSSR count). The van der Waals surface area contributed by atoms with E-state index in [0.29, 0.717) is 12.5 Å². The molecular formula is C19H33N5O. The van der Waals surface area contributed by atoms with Crippen LogP contribution < -0.4 is 15.5 Å². The monoisotopic (exact) mass is 347 g/mol. The van der Waals surface area contributed by atoms with Crippen LogP contribution in [0.1, 0.15) is 13.8 Å². The van der Waals surface area contributed by atoms with Crippen LogP contribution in [0.15, 0.2) is 24.3 Å². The van der Waals surface area contributed by atoms with Gasteiger partial charge in [0.25, 0.3) is 0 Å². The molecule has 0 aromatic heterocycles.